The molecule has 0 aliphatic carbocycles. The lowest BCUT2D eigenvalue weighted by Crippen LogP contribution is -2.34. The molecule has 0 saturated heterocycles. The van der Waals surface area contributed by atoms with E-state index in [4.69, 9.17) is 0 Å². The van der Waals surface area contributed by atoms with Crippen LogP contribution in [0.15, 0.2) is 24.3 Å². The molecule has 0 atom stereocenters. The van der Waals surface area contributed by atoms with Gasteiger partial charge in [-0.1, -0.05) is 35.3 Å². The molecule has 0 unspecified atom stereocenters. The first-order chi connectivity index (χ1) is 9.01. The third-order valence-corrected chi connectivity index (χ3v) is 2.37. The summed E-state index contributed by atoms with van der Waals surface area (Å²) in [5.41, 5.74) is 2.15. The molecule has 1 heterocycles. The summed E-state index contributed by atoms with van der Waals surface area (Å²) in [6.45, 7) is 1.96. The highest BCUT2D eigenvalue weighted by molar-refractivity contribution is 6.57. The summed E-state index contributed by atoms with van der Waals surface area (Å²) in [5, 5.41) is 0. The van der Waals surface area contributed by atoms with Crippen LogP contribution >= 0.6 is 23.2 Å². The van der Waals surface area contributed by atoms with Crippen LogP contribution in [-0.4, -0.2) is 26.5 Å². The number of aryl methyl sites for hydroxylation is 1. The molecule has 0 fully saturated rings. The average molecular weight is 331 g/mol. The second kappa shape index (κ2) is 5.97. The number of halogens is 6. The van der Waals surface area contributed by atoms with Gasteiger partial charge in [-0.2, -0.15) is 17.6 Å². The summed E-state index contributed by atoms with van der Waals surface area (Å²) in [7, 11) is 0. The Labute approximate surface area is 120 Å². The molecule has 0 saturated carbocycles. The summed E-state index contributed by atoms with van der Waals surface area (Å²) >= 11 is 8.39. The van der Waals surface area contributed by atoms with Crippen molar-refractivity contribution in [3.05, 3.63) is 30.1 Å². The van der Waals surface area contributed by atoms with Gasteiger partial charge in [-0.15, -0.1) is 0 Å². The van der Waals surface area contributed by atoms with Gasteiger partial charge in [-0.25, -0.2) is 4.98 Å². The molecule has 1 N–H and O–H groups in total. The second-order valence-corrected chi connectivity index (χ2v) is 4.90. The lowest BCUT2D eigenvalue weighted by Gasteiger charge is -2.09. The predicted molar refractivity (Wildman–Crippen MR) is 67.4 cm³/mol. The number of imidazole rings is 1. The average Bonchev–Trinajstić information content (AvgIpc) is 2.66. The fourth-order valence-corrected chi connectivity index (χ4v) is 1.46. The van der Waals surface area contributed by atoms with E-state index in [-0.39, 0.29) is 0 Å². The first kappa shape index (κ1) is 16.7. The van der Waals surface area contributed by atoms with Gasteiger partial charge in [0.25, 0.3) is 0 Å². The Morgan fingerprint density at radius 3 is 2.15 bits per heavy atom. The number of Topliss-reactive ketones (excluding diaryl/α,β-unsaturated/α-hetero) is 1. The monoisotopic (exact) mass is 330 g/mol. The van der Waals surface area contributed by atoms with Crippen molar-refractivity contribution >= 4 is 40.0 Å². The molecule has 2 rings (SSSR count). The Bertz CT molecular complexity index is 555. The highest BCUT2D eigenvalue weighted by Crippen LogP contribution is 2.32. The van der Waals surface area contributed by atoms with Crippen molar-refractivity contribution in [1.82, 2.24) is 9.97 Å². The largest absolute Gasteiger partial charge is 0.456 e. The summed E-state index contributed by atoms with van der Waals surface area (Å²) in [4.78, 5) is 17.1. The number of aromatic amines is 1. The Balaban J connectivity index is 0.000000200. The zero-order valence-corrected chi connectivity index (χ0v) is 11.4. The van der Waals surface area contributed by atoms with Crippen molar-refractivity contribution in [3.63, 3.8) is 0 Å². The molecule has 0 aliphatic heterocycles. The van der Waals surface area contributed by atoms with Gasteiger partial charge in [0, 0.05) is 0 Å². The van der Waals surface area contributed by atoms with E-state index in [0.29, 0.717) is 0 Å². The van der Waals surface area contributed by atoms with Crippen molar-refractivity contribution < 1.29 is 22.4 Å². The number of nitrogens with zero attached hydrogens (tertiary/aromatic N) is 1. The first-order valence-corrected chi connectivity index (χ1v) is 5.87. The number of benzene rings is 1. The number of ketones is 1. The van der Waals surface area contributed by atoms with Gasteiger partial charge in [-0.05, 0) is 19.1 Å². The zero-order valence-electron chi connectivity index (χ0n) is 9.93. The number of H-pyrrole nitrogens is 1. The molecule has 20 heavy (non-hydrogen) atoms. The van der Waals surface area contributed by atoms with E-state index in [9.17, 15) is 22.4 Å². The van der Waals surface area contributed by atoms with Gasteiger partial charge in [0.05, 0.1) is 11.0 Å². The van der Waals surface area contributed by atoms with Crippen LogP contribution in [0.4, 0.5) is 17.6 Å². The molecular formula is C11H8Cl2F4N2O. The molecule has 0 radical (unpaired) electrons. The van der Waals surface area contributed by atoms with Crippen LogP contribution in [0.2, 0.25) is 0 Å². The topological polar surface area (TPSA) is 45.8 Å². The lowest BCUT2D eigenvalue weighted by atomic mass is 10.3. The Kier molecular flexibility index (Phi) is 4.99. The molecule has 0 bridgehead atoms. The van der Waals surface area contributed by atoms with Gasteiger partial charge in [0.2, 0.25) is 0 Å². The first-order valence-electron chi connectivity index (χ1n) is 5.11. The Morgan fingerprint density at radius 1 is 1.20 bits per heavy atom. The van der Waals surface area contributed by atoms with Crippen molar-refractivity contribution in [2.75, 3.05) is 0 Å². The number of hydrogen-bond donors (Lipinski definition) is 1. The van der Waals surface area contributed by atoms with Gasteiger partial charge in [-0.3, -0.25) is 4.79 Å². The smallest absolute Gasteiger partial charge is 0.342 e. The minimum atomic E-state index is -5.34. The molecule has 3 nitrogen and oxygen atoms in total. The molecule has 0 spiro atoms. The SMILES string of the molecule is Cc1nc2ccccc2[nH]1.O=C(C(F)(F)F)C(F)(Cl)Cl. The normalized spacial score (nSPS) is 11.9. The number of fused-ring (bicyclic) bond motifs is 1. The van der Waals surface area contributed by atoms with Gasteiger partial charge >= 0.3 is 16.5 Å². The molecule has 1 aromatic carbocycles. The van der Waals surface area contributed by atoms with Gasteiger partial charge < -0.3 is 4.98 Å². The molecular weight excluding hydrogens is 323 g/mol. The maximum atomic E-state index is 11.7. The van der Waals surface area contributed by atoms with Crippen molar-refractivity contribution in [2.45, 2.75) is 17.7 Å². The number of para-hydroxylation sites is 2. The number of rotatable bonds is 1. The molecule has 2 aromatic rings. The highest BCUT2D eigenvalue weighted by Gasteiger charge is 2.52. The fraction of sp³-hybridized carbons (Fsp3) is 0.273. The standard InChI is InChI=1S/C8H8N2.C3Cl2F4O/c1-6-9-7-4-2-3-5-8(7)10-6;4-2(5,6)1(10)3(7,8)9/h2-5H,1H3,(H,9,10);. The summed E-state index contributed by atoms with van der Waals surface area (Å²) in [6.07, 6.45) is -5.34. The Morgan fingerprint density at radius 2 is 1.75 bits per heavy atom. The van der Waals surface area contributed by atoms with E-state index in [0.717, 1.165) is 16.9 Å². The van der Waals surface area contributed by atoms with Crippen LogP contribution in [0.5, 0.6) is 0 Å². The molecule has 0 aliphatic rings. The van der Waals surface area contributed by atoms with Crippen LogP contribution < -0.4 is 0 Å². The summed E-state index contributed by atoms with van der Waals surface area (Å²) in [5.74, 6) is -1.84. The molecule has 110 valence electrons. The van der Waals surface area contributed by atoms with Gasteiger partial charge in [0.1, 0.15) is 5.82 Å². The van der Waals surface area contributed by atoms with Crippen molar-refractivity contribution in [2.24, 2.45) is 0 Å². The van der Waals surface area contributed by atoms with E-state index in [1.54, 1.807) is 0 Å². The molecule has 1 aromatic heterocycles. The molecule has 0 amide bonds. The quantitative estimate of drug-likeness (QED) is 0.632. The number of hydrogen-bond acceptors (Lipinski definition) is 2. The number of alkyl halides is 6. The van der Waals surface area contributed by atoms with Crippen molar-refractivity contribution in [3.8, 4) is 0 Å². The summed E-state index contributed by atoms with van der Waals surface area (Å²) < 4.78 is 41.4. The second-order valence-electron chi connectivity index (χ2n) is 3.66. The maximum absolute atomic E-state index is 11.7. The number of nitrogens with one attached hydrogen (secondary N) is 1. The van der Waals surface area contributed by atoms with Crippen LogP contribution in [0, 0.1) is 6.92 Å². The third kappa shape index (κ3) is 4.64. The highest BCUT2D eigenvalue weighted by atomic mass is 35.5. The van der Waals surface area contributed by atoms with Crippen LogP contribution in [0.1, 0.15) is 5.82 Å². The van der Waals surface area contributed by atoms with Crippen LogP contribution in [-0.2, 0) is 4.79 Å². The van der Waals surface area contributed by atoms with Crippen molar-refractivity contribution in [1.29, 1.82) is 0 Å². The van der Waals surface area contributed by atoms with E-state index in [2.05, 4.69) is 33.2 Å². The van der Waals surface area contributed by atoms with Crippen LogP contribution in [0.3, 0.4) is 0 Å². The predicted octanol–water partition coefficient (Wildman–Crippen LogP) is 4.09. The third-order valence-electron chi connectivity index (χ3n) is 2.02. The summed E-state index contributed by atoms with van der Waals surface area (Å²) in [6, 6.07) is 8.01. The van der Waals surface area contributed by atoms with Crippen LogP contribution in [0.25, 0.3) is 11.0 Å². The van der Waals surface area contributed by atoms with E-state index in [1.165, 1.54) is 0 Å². The number of carbonyl (C=O) groups is 1. The maximum Gasteiger partial charge on any atom is 0.456 e. The minimum Gasteiger partial charge on any atom is -0.342 e. The van der Waals surface area contributed by atoms with E-state index < -0.39 is 16.5 Å². The fourth-order valence-electron chi connectivity index (χ4n) is 1.24. The van der Waals surface area contributed by atoms with E-state index >= 15 is 0 Å². The number of aromatic nitrogens is 2. The lowest BCUT2D eigenvalue weighted by molar-refractivity contribution is -0.175. The Hall–Kier alpha value is -1.34. The molecule has 9 heteroatoms. The minimum absolute atomic E-state index is 0.973. The zero-order chi connectivity index (χ0) is 15.6. The number of carbonyl (C=O) groups excluding carboxylic acids is 1. The van der Waals surface area contributed by atoms with E-state index in [1.807, 2.05) is 31.2 Å². The van der Waals surface area contributed by atoms with Gasteiger partial charge in [0.15, 0.2) is 0 Å².